The second-order valence-corrected chi connectivity index (χ2v) is 7.81. The summed E-state index contributed by atoms with van der Waals surface area (Å²) >= 11 is 0. The van der Waals surface area contributed by atoms with Crippen molar-refractivity contribution >= 4 is 21.4 Å². The molecule has 0 spiro atoms. The SMILES string of the molecule is CCC1CCCC(Nc2ccc(S(=O)(=O)NC)cc2[N+](=O)[O-])C1. The van der Waals surface area contributed by atoms with Gasteiger partial charge in [0.1, 0.15) is 5.69 Å². The van der Waals surface area contributed by atoms with Gasteiger partial charge in [0.05, 0.1) is 9.82 Å². The number of benzene rings is 1. The van der Waals surface area contributed by atoms with E-state index in [-0.39, 0.29) is 16.6 Å². The number of anilines is 1. The Bertz CT molecular complexity index is 675. The maximum absolute atomic E-state index is 11.8. The van der Waals surface area contributed by atoms with Gasteiger partial charge in [0, 0.05) is 12.1 Å². The van der Waals surface area contributed by atoms with Crippen molar-refractivity contribution < 1.29 is 13.3 Å². The van der Waals surface area contributed by atoms with Gasteiger partial charge < -0.3 is 5.32 Å². The van der Waals surface area contributed by atoms with Gasteiger partial charge in [-0.15, -0.1) is 0 Å². The molecule has 0 aliphatic heterocycles. The zero-order valence-corrected chi connectivity index (χ0v) is 14.2. The second kappa shape index (κ2) is 7.27. The van der Waals surface area contributed by atoms with Gasteiger partial charge in [0.2, 0.25) is 10.0 Å². The van der Waals surface area contributed by atoms with Gasteiger partial charge in [-0.3, -0.25) is 10.1 Å². The lowest BCUT2D eigenvalue weighted by Gasteiger charge is -2.29. The highest BCUT2D eigenvalue weighted by Gasteiger charge is 2.25. The molecule has 23 heavy (non-hydrogen) atoms. The van der Waals surface area contributed by atoms with Crippen LogP contribution in [0.4, 0.5) is 11.4 Å². The van der Waals surface area contributed by atoms with E-state index in [1.807, 2.05) is 0 Å². The Kier molecular flexibility index (Phi) is 5.59. The predicted molar refractivity (Wildman–Crippen MR) is 89.0 cm³/mol. The fraction of sp³-hybridized carbons (Fsp3) is 0.600. The quantitative estimate of drug-likeness (QED) is 0.612. The molecule has 0 amide bonds. The molecule has 7 nitrogen and oxygen atoms in total. The zero-order valence-electron chi connectivity index (χ0n) is 13.4. The van der Waals surface area contributed by atoms with Crippen LogP contribution in [0.5, 0.6) is 0 Å². The standard InChI is InChI=1S/C15H23N3O4S/c1-3-11-5-4-6-12(9-11)17-14-8-7-13(23(21,22)16-2)10-15(14)18(19)20/h7-8,10-12,16-17H,3-6,9H2,1-2H3. The molecule has 0 saturated heterocycles. The molecule has 128 valence electrons. The van der Waals surface area contributed by atoms with Crippen LogP contribution in [0.1, 0.15) is 39.0 Å². The van der Waals surface area contributed by atoms with Crippen LogP contribution in [0, 0.1) is 16.0 Å². The van der Waals surface area contributed by atoms with E-state index in [1.54, 1.807) is 0 Å². The fourth-order valence-corrected chi connectivity index (χ4v) is 3.83. The van der Waals surface area contributed by atoms with Crippen LogP contribution in [0.2, 0.25) is 0 Å². The van der Waals surface area contributed by atoms with Gasteiger partial charge in [-0.2, -0.15) is 0 Å². The normalized spacial score (nSPS) is 21.8. The van der Waals surface area contributed by atoms with E-state index in [0.717, 1.165) is 31.7 Å². The molecule has 8 heteroatoms. The average Bonchev–Trinajstić information content (AvgIpc) is 2.55. The molecule has 1 fully saturated rings. The van der Waals surface area contributed by atoms with Gasteiger partial charge in [0.15, 0.2) is 0 Å². The highest BCUT2D eigenvalue weighted by molar-refractivity contribution is 7.89. The molecule has 0 bridgehead atoms. The van der Waals surface area contributed by atoms with Gasteiger partial charge in [-0.05, 0) is 37.9 Å². The van der Waals surface area contributed by atoms with Gasteiger partial charge >= 0.3 is 0 Å². The fourth-order valence-electron chi connectivity index (χ4n) is 3.08. The number of nitro benzene ring substituents is 1. The summed E-state index contributed by atoms with van der Waals surface area (Å²) in [5, 5.41) is 14.5. The number of nitro groups is 1. The molecular formula is C15H23N3O4S. The van der Waals surface area contributed by atoms with E-state index in [4.69, 9.17) is 0 Å². The first-order valence-corrected chi connectivity index (χ1v) is 9.34. The average molecular weight is 341 g/mol. The van der Waals surface area contributed by atoms with Crippen molar-refractivity contribution in [2.75, 3.05) is 12.4 Å². The van der Waals surface area contributed by atoms with E-state index in [0.29, 0.717) is 11.6 Å². The number of hydrogen-bond acceptors (Lipinski definition) is 5. The molecule has 0 heterocycles. The van der Waals surface area contributed by atoms with Gasteiger partial charge in [-0.1, -0.05) is 26.2 Å². The highest BCUT2D eigenvalue weighted by Crippen LogP contribution is 2.33. The van der Waals surface area contributed by atoms with Crippen molar-refractivity contribution in [1.82, 2.24) is 4.72 Å². The minimum atomic E-state index is -3.70. The van der Waals surface area contributed by atoms with Gasteiger partial charge in [0.25, 0.3) is 5.69 Å². The third-order valence-corrected chi connectivity index (χ3v) is 5.88. The molecule has 2 unspecified atom stereocenters. The predicted octanol–water partition coefficient (Wildman–Crippen LogP) is 2.88. The molecule has 1 aliphatic carbocycles. The topological polar surface area (TPSA) is 101 Å². The van der Waals surface area contributed by atoms with E-state index < -0.39 is 14.9 Å². The maximum Gasteiger partial charge on any atom is 0.293 e. The lowest BCUT2D eigenvalue weighted by molar-refractivity contribution is -0.384. The van der Waals surface area contributed by atoms with Crippen molar-refractivity contribution in [3.8, 4) is 0 Å². The molecular weight excluding hydrogens is 318 g/mol. The third kappa shape index (κ3) is 4.20. The molecule has 1 aromatic carbocycles. The Morgan fingerprint density at radius 1 is 1.35 bits per heavy atom. The van der Waals surface area contributed by atoms with Crippen molar-refractivity contribution in [1.29, 1.82) is 0 Å². The number of sulfonamides is 1. The van der Waals surface area contributed by atoms with Crippen molar-refractivity contribution in [3.05, 3.63) is 28.3 Å². The lowest BCUT2D eigenvalue weighted by atomic mass is 9.84. The number of rotatable bonds is 6. The monoisotopic (exact) mass is 341 g/mol. The third-order valence-electron chi connectivity index (χ3n) is 4.46. The summed E-state index contributed by atoms with van der Waals surface area (Å²) in [6.07, 6.45) is 5.39. The Morgan fingerprint density at radius 3 is 2.70 bits per heavy atom. The Hall–Kier alpha value is -1.67. The molecule has 0 radical (unpaired) electrons. The molecule has 1 aromatic rings. The minimum Gasteiger partial charge on any atom is -0.377 e. The summed E-state index contributed by atoms with van der Waals surface area (Å²) in [7, 11) is -2.42. The van der Waals surface area contributed by atoms with E-state index in [2.05, 4.69) is 17.0 Å². The van der Waals surface area contributed by atoms with Crippen LogP contribution in [0.3, 0.4) is 0 Å². The van der Waals surface area contributed by atoms with E-state index >= 15 is 0 Å². The Balaban J connectivity index is 2.26. The first-order chi connectivity index (χ1) is 10.9. The van der Waals surface area contributed by atoms with Crippen molar-refractivity contribution in [2.45, 2.75) is 50.0 Å². The Morgan fingerprint density at radius 2 is 2.09 bits per heavy atom. The van der Waals surface area contributed by atoms with E-state index in [1.165, 1.54) is 25.6 Å². The second-order valence-electron chi connectivity index (χ2n) is 5.93. The summed E-state index contributed by atoms with van der Waals surface area (Å²) in [5.74, 6) is 0.643. The van der Waals surface area contributed by atoms with Gasteiger partial charge in [-0.25, -0.2) is 13.1 Å². The summed E-state index contributed by atoms with van der Waals surface area (Å²) in [5.41, 5.74) is 0.173. The number of hydrogen-bond donors (Lipinski definition) is 2. The summed E-state index contributed by atoms with van der Waals surface area (Å²) in [4.78, 5) is 10.7. The molecule has 0 aromatic heterocycles. The smallest absolute Gasteiger partial charge is 0.293 e. The summed E-state index contributed by atoms with van der Waals surface area (Å²) in [6.45, 7) is 2.16. The molecule has 1 aliphatic rings. The molecule has 2 atom stereocenters. The van der Waals surface area contributed by atoms with E-state index in [9.17, 15) is 18.5 Å². The largest absolute Gasteiger partial charge is 0.377 e. The first kappa shape index (κ1) is 17.7. The number of nitrogens with zero attached hydrogens (tertiary/aromatic N) is 1. The molecule has 2 rings (SSSR count). The van der Waals surface area contributed by atoms with Crippen LogP contribution in [-0.4, -0.2) is 26.4 Å². The molecule has 2 N–H and O–H groups in total. The maximum atomic E-state index is 11.8. The van der Waals surface area contributed by atoms with Crippen LogP contribution in [0.15, 0.2) is 23.1 Å². The number of nitrogens with one attached hydrogen (secondary N) is 2. The minimum absolute atomic E-state index is 0.104. The van der Waals surface area contributed by atoms with Crippen LogP contribution >= 0.6 is 0 Å². The first-order valence-electron chi connectivity index (χ1n) is 7.86. The van der Waals surface area contributed by atoms with Crippen molar-refractivity contribution in [3.63, 3.8) is 0 Å². The zero-order chi connectivity index (χ0) is 17.0. The Labute approximate surface area is 136 Å². The summed E-state index contributed by atoms with van der Waals surface area (Å²) in [6, 6.07) is 4.17. The van der Waals surface area contributed by atoms with Crippen LogP contribution in [-0.2, 0) is 10.0 Å². The van der Waals surface area contributed by atoms with Crippen LogP contribution in [0.25, 0.3) is 0 Å². The van der Waals surface area contributed by atoms with Crippen LogP contribution < -0.4 is 10.0 Å². The molecule has 1 saturated carbocycles. The van der Waals surface area contributed by atoms with Crippen molar-refractivity contribution in [2.24, 2.45) is 5.92 Å². The highest BCUT2D eigenvalue weighted by atomic mass is 32.2. The lowest BCUT2D eigenvalue weighted by Crippen LogP contribution is -2.27. The summed E-state index contributed by atoms with van der Waals surface area (Å²) < 4.78 is 25.8.